The Morgan fingerprint density at radius 3 is 2.84 bits per heavy atom. The summed E-state index contributed by atoms with van der Waals surface area (Å²) >= 11 is 4.63. The Morgan fingerprint density at radius 1 is 1.13 bits per heavy atom. The molecule has 0 aliphatic rings. The average Bonchev–Trinajstić information content (AvgIpc) is 3.37. The molecule has 31 heavy (non-hydrogen) atoms. The van der Waals surface area contributed by atoms with E-state index in [1.54, 1.807) is 35.6 Å². The number of aliphatic hydroxyl groups is 1. The summed E-state index contributed by atoms with van der Waals surface area (Å²) in [5.74, 6) is 0.802. The summed E-state index contributed by atoms with van der Waals surface area (Å²) in [5.41, 5.74) is 0.295. The third kappa shape index (κ3) is 5.64. The molecule has 0 bridgehead atoms. The number of thiophene rings is 1. The minimum Gasteiger partial charge on any atom is -0.356 e. The van der Waals surface area contributed by atoms with Gasteiger partial charge in [-0.3, -0.25) is 0 Å². The monoisotopic (exact) mass is 483 g/mol. The highest BCUT2D eigenvalue weighted by atomic mass is 32.2. The number of anilines is 2. The second kappa shape index (κ2) is 9.39. The molecule has 0 fully saturated rings. The highest BCUT2D eigenvalue weighted by molar-refractivity contribution is 7.99. The van der Waals surface area contributed by atoms with Crippen LogP contribution in [-0.4, -0.2) is 32.2 Å². The molecule has 1 unspecified atom stereocenters. The Kier molecular flexibility index (Phi) is 6.60. The number of nitrogens with one attached hydrogen (secondary N) is 2. The first-order valence-corrected chi connectivity index (χ1v) is 11.7. The lowest BCUT2D eigenvalue weighted by molar-refractivity contribution is -0.137. The van der Waals surface area contributed by atoms with Crippen molar-refractivity contribution < 1.29 is 18.3 Å². The molecule has 1 atom stereocenters. The SMILES string of the molecule is OC(Nc1cccc(C(F)(F)F)c1)Nc1ncc(CCSc2ncnc3ccsc23)s1. The van der Waals surface area contributed by atoms with Crippen LogP contribution in [0.3, 0.4) is 0 Å². The number of nitrogens with zero attached hydrogens (tertiary/aromatic N) is 3. The highest BCUT2D eigenvalue weighted by Crippen LogP contribution is 2.31. The van der Waals surface area contributed by atoms with Crippen molar-refractivity contribution in [3.63, 3.8) is 0 Å². The van der Waals surface area contributed by atoms with Crippen LogP contribution in [0, 0.1) is 0 Å². The van der Waals surface area contributed by atoms with Gasteiger partial charge in [0, 0.05) is 22.5 Å². The van der Waals surface area contributed by atoms with Gasteiger partial charge >= 0.3 is 6.18 Å². The van der Waals surface area contributed by atoms with Crippen molar-refractivity contribution in [3.8, 4) is 0 Å². The van der Waals surface area contributed by atoms with Gasteiger partial charge in [0.2, 0.25) is 6.35 Å². The largest absolute Gasteiger partial charge is 0.416 e. The number of aromatic nitrogens is 3. The zero-order chi connectivity index (χ0) is 21.8. The number of rotatable bonds is 8. The Hall–Kier alpha value is -2.41. The normalized spacial score (nSPS) is 12.8. The van der Waals surface area contributed by atoms with Crippen LogP contribution in [0.25, 0.3) is 10.2 Å². The van der Waals surface area contributed by atoms with Crippen molar-refractivity contribution >= 4 is 55.5 Å². The molecule has 1 aromatic carbocycles. The number of aliphatic hydroxyl groups excluding tert-OH is 1. The third-order valence-corrected chi connectivity index (χ3v) is 7.12. The summed E-state index contributed by atoms with van der Waals surface area (Å²) < 4.78 is 39.5. The van der Waals surface area contributed by atoms with Crippen molar-refractivity contribution in [2.75, 3.05) is 16.4 Å². The Bertz CT molecular complexity index is 1160. The van der Waals surface area contributed by atoms with Gasteiger partial charge in [0.25, 0.3) is 0 Å². The topological polar surface area (TPSA) is 83.0 Å². The minimum atomic E-state index is -4.45. The maximum absolute atomic E-state index is 12.8. The molecule has 0 aliphatic heterocycles. The smallest absolute Gasteiger partial charge is 0.356 e. The van der Waals surface area contributed by atoms with E-state index in [0.717, 1.165) is 44.4 Å². The molecule has 0 amide bonds. The molecule has 4 aromatic rings. The molecular weight excluding hydrogens is 467 g/mol. The number of fused-ring (bicyclic) bond motifs is 1. The van der Waals surface area contributed by atoms with Gasteiger partial charge in [-0.1, -0.05) is 6.07 Å². The fourth-order valence-electron chi connectivity index (χ4n) is 2.70. The molecule has 0 spiro atoms. The number of hydrogen-bond acceptors (Lipinski definition) is 9. The maximum atomic E-state index is 12.8. The molecule has 162 valence electrons. The van der Waals surface area contributed by atoms with Crippen molar-refractivity contribution in [1.82, 2.24) is 15.0 Å². The zero-order valence-corrected chi connectivity index (χ0v) is 18.2. The van der Waals surface area contributed by atoms with E-state index in [9.17, 15) is 18.3 Å². The summed E-state index contributed by atoms with van der Waals surface area (Å²) in [6.45, 7) is 0. The first-order valence-electron chi connectivity index (χ1n) is 9.02. The molecule has 3 heterocycles. The van der Waals surface area contributed by atoms with Crippen molar-refractivity contribution in [2.45, 2.75) is 24.0 Å². The summed E-state index contributed by atoms with van der Waals surface area (Å²) in [7, 11) is 0. The van der Waals surface area contributed by atoms with Gasteiger partial charge in [0.1, 0.15) is 11.4 Å². The van der Waals surface area contributed by atoms with Crippen LogP contribution >= 0.6 is 34.4 Å². The van der Waals surface area contributed by atoms with E-state index in [0.29, 0.717) is 5.13 Å². The molecule has 0 saturated carbocycles. The Balaban J connectivity index is 1.29. The number of thioether (sulfide) groups is 1. The van der Waals surface area contributed by atoms with Gasteiger partial charge in [-0.15, -0.1) is 34.4 Å². The molecule has 12 heteroatoms. The van der Waals surface area contributed by atoms with Crippen molar-refractivity contribution in [2.24, 2.45) is 0 Å². The van der Waals surface area contributed by atoms with Crippen LogP contribution in [0.5, 0.6) is 0 Å². The van der Waals surface area contributed by atoms with E-state index in [-0.39, 0.29) is 5.69 Å². The molecule has 3 aromatic heterocycles. The van der Waals surface area contributed by atoms with E-state index in [1.165, 1.54) is 23.5 Å². The lowest BCUT2D eigenvalue weighted by Gasteiger charge is -2.16. The van der Waals surface area contributed by atoms with Crippen LogP contribution in [0.1, 0.15) is 10.4 Å². The molecule has 0 aliphatic carbocycles. The van der Waals surface area contributed by atoms with Crippen LogP contribution in [-0.2, 0) is 12.6 Å². The Morgan fingerprint density at radius 2 is 2.00 bits per heavy atom. The van der Waals surface area contributed by atoms with Gasteiger partial charge in [-0.25, -0.2) is 15.0 Å². The molecular formula is C19H16F3N5OS3. The van der Waals surface area contributed by atoms with Gasteiger partial charge in [-0.05, 0) is 36.1 Å². The number of alkyl halides is 3. The quantitative estimate of drug-likeness (QED) is 0.178. The second-order valence-electron chi connectivity index (χ2n) is 6.31. The van der Waals surface area contributed by atoms with Crippen LogP contribution in [0.15, 0.2) is 53.3 Å². The molecule has 4 rings (SSSR count). The van der Waals surface area contributed by atoms with Gasteiger partial charge < -0.3 is 15.7 Å². The second-order valence-corrected chi connectivity index (χ2v) is 9.43. The summed E-state index contributed by atoms with van der Waals surface area (Å²) in [4.78, 5) is 13.8. The summed E-state index contributed by atoms with van der Waals surface area (Å²) in [6.07, 6.45) is -1.70. The maximum Gasteiger partial charge on any atom is 0.416 e. The number of hydrogen-bond donors (Lipinski definition) is 3. The Labute approximate surface area is 187 Å². The fraction of sp³-hybridized carbons (Fsp3) is 0.211. The van der Waals surface area contributed by atoms with Crippen LogP contribution in [0.4, 0.5) is 24.0 Å². The number of aryl methyl sites for hydroxylation is 1. The zero-order valence-electron chi connectivity index (χ0n) is 15.8. The molecule has 0 saturated heterocycles. The van der Waals surface area contributed by atoms with Gasteiger partial charge in [0.05, 0.1) is 15.8 Å². The lowest BCUT2D eigenvalue weighted by Crippen LogP contribution is -2.28. The van der Waals surface area contributed by atoms with Crippen molar-refractivity contribution in [3.05, 3.63) is 58.7 Å². The minimum absolute atomic E-state index is 0.146. The lowest BCUT2D eigenvalue weighted by atomic mass is 10.2. The summed E-state index contributed by atoms with van der Waals surface area (Å²) in [5, 5.41) is 18.8. The van der Waals surface area contributed by atoms with Gasteiger partial charge in [-0.2, -0.15) is 13.2 Å². The predicted molar refractivity (Wildman–Crippen MR) is 119 cm³/mol. The van der Waals surface area contributed by atoms with Gasteiger partial charge in [0.15, 0.2) is 5.13 Å². The number of thiazole rings is 1. The first kappa shape index (κ1) is 21.8. The van der Waals surface area contributed by atoms with Crippen LogP contribution in [0.2, 0.25) is 0 Å². The standard InChI is InChI=1S/C19H16F3N5OS3/c20-19(21,22)11-2-1-3-12(8-11)26-17(28)27-18-23-9-13(31-18)4-6-30-16-15-14(5-7-29-15)24-10-25-16/h1-3,5,7-10,17,26,28H,4,6H2,(H,23,27). The number of benzene rings is 1. The van der Waals surface area contributed by atoms with E-state index < -0.39 is 18.1 Å². The van der Waals surface area contributed by atoms with E-state index in [1.807, 2.05) is 11.4 Å². The summed E-state index contributed by atoms with van der Waals surface area (Å²) in [6, 6.07) is 6.60. The first-order chi connectivity index (χ1) is 14.9. The van der Waals surface area contributed by atoms with E-state index >= 15 is 0 Å². The number of halogens is 3. The third-order valence-electron chi connectivity index (χ3n) is 4.10. The fourth-order valence-corrected chi connectivity index (χ4v) is 5.59. The molecule has 3 N–H and O–H groups in total. The molecule has 6 nitrogen and oxygen atoms in total. The van der Waals surface area contributed by atoms with Crippen molar-refractivity contribution in [1.29, 1.82) is 0 Å². The van der Waals surface area contributed by atoms with Crippen LogP contribution < -0.4 is 10.6 Å². The highest BCUT2D eigenvalue weighted by Gasteiger charge is 2.30. The predicted octanol–water partition coefficient (Wildman–Crippen LogP) is 5.30. The van der Waals surface area contributed by atoms with E-state index in [4.69, 9.17) is 0 Å². The molecule has 0 radical (unpaired) electrons. The van der Waals surface area contributed by atoms with E-state index in [2.05, 4.69) is 25.6 Å². The average molecular weight is 484 g/mol.